The molecule has 0 unspecified atom stereocenters. The Morgan fingerprint density at radius 2 is 1.70 bits per heavy atom. The second-order valence-electron chi connectivity index (χ2n) is 4.35. The van der Waals surface area contributed by atoms with E-state index >= 15 is 0 Å². The molecule has 0 aliphatic carbocycles. The molecule has 2 aromatic rings. The molecule has 0 radical (unpaired) electrons. The number of benzene rings is 1. The number of nitrogens with zero attached hydrogens (tertiary/aromatic N) is 1. The van der Waals surface area contributed by atoms with Crippen LogP contribution in [0.2, 0.25) is 0 Å². The molecular formula is C18H23NO. The molecule has 0 amide bonds. The first kappa shape index (κ1) is 16.0. The molecule has 0 N–H and O–H groups in total. The highest BCUT2D eigenvalue weighted by Gasteiger charge is 2.10. The smallest absolute Gasteiger partial charge is 0.227 e. The van der Waals surface area contributed by atoms with Gasteiger partial charge < -0.3 is 4.42 Å². The van der Waals surface area contributed by atoms with Crippen LogP contribution in [0.3, 0.4) is 0 Å². The third kappa shape index (κ3) is 3.70. The average molecular weight is 269 g/mol. The van der Waals surface area contributed by atoms with E-state index in [0.29, 0.717) is 11.7 Å². The number of aromatic nitrogens is 1. The van der Waals surface area contributed by atoms with Crippen LogP contribution in [0, 0.1) is 13.8 Å². The Kier molecular flexibility index (Phi) is 5.98. The average Bonchev–Trinajstić information content (AvgIpc) is 2.84. The standard InChI is InChI=1S/C16H17NO.C2H6/c1-5-7-14-15(6-2)18-16(17-14)13-9-11(3)8-12(4)10-13;1-2/h5-10H,2H2,1,3-4H3;1-2H3/b7-5-;. The van der Waals surface area contributed by atoms with Crippen LogP contribution in [-0.4, -0.2) is 4.98 Å². The molecule has 1 aromatic heterocycles. The fraction of sp³-hybridized carbons (Fsp3) is 0.278. The van der Waals surface area contributed by atoms with E-state index in [9.17, 15) is 0 Å². The lowest BCUT2D eigenvalue weighted by Gasteiger charge is -2.00. The third-order valence-electron chi connectivity index (χ3n) is 2.66. The second-order valence-corrected chi connectivity index (χ2v) is 4.35. The summed E-state index contributed by atoms with van der Waals surface area (Å²) in [6.45, 7) is 13.8. The summed E-state index contributed by atoms with van der Waals surface area (Å²) in [5, 5.41) is 0. The van der Waals surface area contributed by atoms with Crippen LogP contribution in [0.1, 0.15) is 43.4 Å². The first-order valence-electron chi connectivity index (χ1n) is 6.98. The summed E-state index contributed by atoms with van der Waals surface area (Å²) in [5.74, 6) is 1.35. The van der Waals surface area contributed by atoms with Gasteiger partial charge in [-0.1, -0.05) is 43.7 Å². The maximum absolute atomic E-state index is 5.73. The van der Waals surface area contributed by atoms with Gasteiger partial charge in [0.15, 0.2) is 5.76 Å². The second kappa shape index (κ2) is 7.49. The van der Waals surface area contributed by atoms with Crippen molar-refractivity contribution in [1.29, 1.82) is 0 Å². The van der Waals surface area contributed by atoms with Crippen molar-refractivity contribution in [2.24, 2.45) is 0 Å². The minimum atomic E-state index is 0.643. The van der Waals surface area contributed by atoms with Gasteiger partial charge in [-0.3, -0.25) is 0 Å². The Bertz CT molecular complexity index is 586. The highest BCUT2D eigenvalue weighted by atomic mass is 16.4. The molecule has 2 rings (SSSR count). The Balaban J connectivity index is 0.000000956. The van der Waals surface area contributed by atoms with E-state index in [1.807, 2.05) is 32.9 Å². The van der Waals surface area contributed by atoms with Gasteiger partial charge in [0.25, 0.3) is 0 Å². The highest BCUT2D eigenvalue weighted by molar-refractivity contribution is 5.63. The van der Waals surface area contributed by atoms with E-state index < -0.39 is 0 Å². The zero-order valence-corrected chi connectivity index (χ0v) is 13.0. The largest absolute Gasteiger partial charge is 0.436 e. The van der Waals surface area contributed by atoms with Gasteiger partial charge in [0.05, 0.1) is 0 Å². The summed E-state index contributed by atoms with van der Waals surface area (Å²) >= 11 is 0. The normalized spacial score (nSPS) is 10.2. The Morgan fingerprint density at radius 1 is 1.10 bits per heavy atom. The predicted molar refractivity (Wildman–Crippen MR) is 87.6 cm³/mol. The monoisotopic (exact) mass is 269 g/mol. The maximum atomic E-state index is 5.73. The van der Waals surface area contributed by atoms with Gasteiger partial charge in [0, 0.05) is 5.56 Å². The van der Waals surface area contributed by atoms with Gasteiger partial charge in [-0.25, -0.2) is 4.98 Å². The first-order valence-corrected chi connectivity index (χ1v) is 6.98. The van der Waals surface area contributed by atoms with Crippen LogP contribution in [0.4, 0.5) is 0 Å². The van der Waals surface area contributed by atoms with Crippen LogP contribution < -0.4 is 0 Å². The fourth-order valence-electron chi connectivity index (χ4n) is 1.99. The van der Waals surface area contributed by atoms with E-state index in [1.165, 1.54) is 11.1 Å². The topological polar surface area (TPSA) is 26.0 Å². The van der Waals surface area contributed by atoms with Crippen LogP contribution in [0.25, 0.3) is 23.6 Å². The van der Waals surface area contributed by atoms with E-state index in [-0.39, 0.29) is 0 Å². The number of hydrogen-bond donors (Lipinski definition) is 0. The summed E-state index contributed by atoms with van der Waals surface area (Å²) in [6, 6.07) is 6.28. The van der Waals surface area contributed by atoms with Gasteiger partial charge in [-0.15, -0.1) is 0 Å². The number of aryl methyl sites for hydroxylation is 2. The van der Waals surface area contributed by atoms with Crippen molar-refractivity contribution in [3.63, 3.8) is 0 Å². The van der Waals surface area contributed by atoms with Crippen LogP contribution in [0.5, 0.6) is 0 Å². The minimum absolute atomic E-state index is 0.643. The summed E-state index contributed by atoms with van der Waals surface area (Å²) < 4.78 is 5.73. The molecular weight excluding hydrogens is 246 g/mol. The lowest BCUT2D eigenvalue weighted by molar-refractivity contribution is 0.564. The summed E-state index contributed by atoms with van der Waals surface area (Å²) in [7, 11) is 0. The van der Waals surface area contributed by atoms with Crippen LogP contribution in [0.15, 0.2) is 35.3 Å². The summed E-state index contributed by atoms with van der Waals surface area (Å²) in [6.07, 6.45) is 5.55. The van der Waals surface area contributed by atoms with E-state index in [1.54, 1.807) is 6.08 Å². The predicted octanol–water partition coefficient (Wildman–Crippen LogP) is 5.66. The molecule has 0 atom stereocenters. The SMILES string of the molecule is C=Cc1oc(-c2cc(C)cc(C)c2)nc1/C=C\C.CC. The number of hydrogen-bond acceptors (Lipinski definition) is 2. The summed E-state index contributed by atoms with van der Waals surface area (Å²) in [4.78, 5) is 4.50. The lowest BCUT2D eigenvalue weighted by atomic mass is 10.1. The van der Waals surface area contributed by atoms with Crippen molar-refractivity contribution in [2.45, 2.75) is 34.6 Å². The highest BCUT2D eigenvalue weighted by Crippen LogP contribution is 2.25. The van der Waals surface area contributed by atoms with Crippen molar-refractivity contribution in [1.82, 2.24) is 4.98 Å². The molecule has 0 fully saturated rings. The van der Waals surface area contributed by atoms with Crippen molar-refractivity contribution in [2.75, 3.05) is 0 Å². The van der Waals surface area contributed by atoms with Crippen molar-refractivity contribution >= 4 is 12.2 Å². The molecule has 0 spiro atoms. The third-order valence-corrected chi connectivity index (χ3v) is 2.66. The molecule has 0 saturated carbocycles. The Morgan fingerprint density at radius 3 is 2.20 bits per heavy atom. The molecule has 20 heavy (non-hydrogen) atoms. The zero-order valence-electron chi connectivity index (χ0n) is 13.0. The van der Waals surface area contributed by atoms with E-state index in [2.05, 4.69) is 43.6 Å². The van der Waals surface area contributed by atoms with Gasteiger partial charge in [-0.05, 0) is 45.1 Å². The summed E-state index contributed by atoms with van der Waals surface area (Å²) in [5.41, 5.74) is 4.24. The van der Waals surface area contributed by atoms with Crippen LogP contribution >= 0.6 is 0 Å². The quantitative estimate of drug-likeness (QED) is 0.718. The van der Waals surface area contributed by atoms with Crippen molar-refractivity contribution in [3.8, 4) is 11.5 Å². The Labute approximate surface area is 121 Å². The number of oxazole rings is 1. The van der Waals surface area contributed by atoms with Crippen molar-refractivity contribution < 1.29 is 4.42 Å². The van der Waals surface area contributed by atoms with Gasteiger partial charge in [0.1, 0.15) is 5.69 Å². The zero-order chi connectivity index (χ0) is 15.1. The fourth-order valence-corrected chi connectivity index (χ4v) is 1.99. The number of allylic oxidation sites excluding steroid dienone is 1. The van der Waals surface area contributed by atoms with Gasteiger partial charge in [0.2, 0.25) is 5.89 Å². The van der Waals surface area contributed by atoms with Gasteiger partial charge in [-0.2, -0.15) is 0 Å². The van der Waals surface area contributed by atoms with Crippen molar-refractivity contribution in [3.05, 3.63) is 53.4 Å². The molecule has 2 nitrogen and oxygen atoms in total. The maximum Gasteiger partial charge on any atom is 0.227 e. The number of rotatable bonds is 3. The van der Waals surface area contributed by atoms with Gasteiger partial charge >= 0.3 is 0 Å². The van der Waals surface area contributed by atoms with E-state index in [0.717, 1.165) is 11.3 Å². The molecule has 0 aliphatic rings. The minimum Gasteiger partial charge on any atom is -0.436 e. The molecule has 0 aliphatic heterocycles. The lowest BCUT2D eigenvalue weighted by Crippen LogP contribution is -1.83. The molecule has 106 valence electrons. The molecule has 1 heterocycles. The molecule has 0 saturated heterocycles. The van der Waals surface area contributed by atoms with Crippen LogP contribution in [-0.2, 0) is 0 Å². The molecule has 2 heteroatoms. The Hall–Kier alpha value is -2.09. The molecule has 1 aromatic carbocycles. The molecule has 0 bridgehead atoms. The first-order chi connectivity index (χ1) is 9.63. The van der Waals surface area contributed by atoms with E-state index in [4.69, 9.17) is 4.42 Å².